The highest BCUT2D eigenvalue weighted by atomic mass is 19.1. The molecule has 1 amide bonds. The number of benzene rings is 2. The smallest absolute Gasteiger partial charge is 0.239 e. The van der Waals surface area contributed by atoms with E-state index in [1.54, 1.807) is 18.3 Å². The van der Waals surface area contributed by atoms with Crippen molar-refractivity contribution >= 4 is 17.4 Å². The molecule has 0 aliphatic carbocycles. The lowest BCUT2D eigenvalue weighted by molar-refractivity contribution is -0.119. The van der Waals surface area contributed by atoms with Crippen LogP contribution in [-0.4, -0.2) is 40.5 Å². The lowest BCUT2D eigenvalue weighted by Crippen LogP contribution is -2.54. The number of rotatable bonds is 4. The summed E-state index contributed by atoms with van der Waals surface area (Å²) in [6, 6.07) is 15.3. The van der Waals surface area contributed by atoms with Gasteiger partial charge < -0.3 is 15.4 Å². The van der Waals surface area contributed by atoms with E-state index >= 15 is 0 Å². The first-order valence-electron chi connectivity index (χ1n) is 12.1. The number of halogens is 1. The highest BCUT2D eigenvalue weighted by molar-refractivity contribution is 6.08. The van der Waals surface area contributed by atoms with Gasteiger partial charge in [-0.2, -0.15) is 0 Å². The molecular formula is C28H31FN4O2. The van der Waals surface area contributed by atoms with Gasteiger partial charge in [-0.1, -0.05) is 12.1 Å². The molecule has 1 aromatic heterocycles. The molecule has 2 aliphatic heterocycles. The molecule has 0 unspecified atom stereocenters. The molecule has 0 saturated carbocycles. The van der Waals surface area contributed by atoms with Gasteiger partial charge in [0.15, 0.2) is 0 Å². The molecule has 7 heteroatoms. The van der Waals surface area contributed by atoms with Gasteiger partial charge in [-0.15, -0.1) is 0 Å². The van der Waals surface area contributed by atoms with Gasteiger partial charge in [0.25, 0.3) is 0 Å². The number of aromatic nitrogens is 1. The second-order valence-electron chi connectivity index (χ2n) is 10.3. The van der Waals surface area contributed by atoms with Crippen molar-refractivity contribution < 1.29 is 13.9 Å². The van der Waals surface area contributed by atoms with E-state index in [4.69, 9.17) is 10.5 Å². The number of piperidine rings is 1. The van der Waals surface area contributed by atoms with Crippen LogP contribution in [0.25, 0.3) is 0 Å². The zero-order valence-electron chi connectivity index (χ0n) is 20.4. The van der Waals surface area contributed by atoms with Gasteiger partial charge >= 0.3 is 0 Å². The van der Waals surface area contributed by atoms with Gasteiger partial charge in [0.2, 0.25) is 5.91 Å². The van der Waals surface area contributed by atoms with Crippen molar-refractivity contribution in [2.45, 2.75) is 51.1 Å². The first-order chi connectivity index (χ1) is 16.7. The molecule has 2 aromatic carbocycles. The van der Waals surface area contributed by atoms with Gasteiger partial charge in [0.05, 0.1) is 11.6 Å². The van der Waals surface area contributed by atoms with Crippen LogP contribution in [0, 0.1) is 5.82 Å². The molecule has 5 rings (SSSR count). The first-order valence-corrected chi connectivity index (χ1v) is 12.1. The largest absolute Gasteiger partial charge is 0.457 e. The maximum atomic E-state index is 13.9. The molecule has 2 N–H and O–H groups in total. The summed E-state index contributed by atoms with van der Waals surface area (Å²) in [6.07, 6.45) is 3.68. The molecule has 0 radical (unpaired) electrons. The molecule has 35 heavy (non-hydrogen) atoms. The zero-order chi connectivity index (χ0) is 24.7. The molecule has 1 fully saturated rings. The summed E-state index contributed by atoms with van der Waals surface area (Å²) in [5.41, 5.74) is 8.86. The molecular weight excluding hydrogens is 443 g/mol. The molecule has 6 nitrogen and oxygen atoms in total. The SMILES string of the molecule is CC(C)(C)N1CCC[C@@H](N2C(=O)[C@H](c3ccc(Oc4ccc(F)cc4)cc3)c3c2ccnc3N)C1. The minimum atomic E-state index is -0.511. The third kappa shape index (κ3) is 4.48. The number of nitrogens with two attached hydrogens (primary N) is 1. The van der Waals surface area contributed by atoms with Gasteiger partial charge in [-0.3, -0.25) is 9.69 Å². The topological polar surface area (TPSA) is 71.7 Å². The fourth-order valence-corrected chi connectivity index (χ4v) is 5.19. The standard InChI is InChI=1S/C28H31FN4O2/c1-28(2,3)32-16-4-5-20(17-32)33-23-14-15-31-26(30)25(23)24(27(33)34)18-6-10-21(11-7-18)35-22-12-8-19(29)9-13-22/h6-15,20,24H,4-5,16-17H2,1-3H3,(H2,30,31)/t20-,24-/m1/s1. The minimum absolute atomic E-state index is 0.0349. The number of amides is 1. The monoisotopic (exact) mass is 474 g/mol. The molecule has 2 atom stereocenters. The number of pyridine rings is 1. The van der Waals surface area contributed by atoms with Crippen molar-refractivity contribution in [3.05, 3.63) is 77.7 Å². The van der Waals surface area contributed by atoms with Crippen LogP contribution in [0.3, 0.4) is 0 Å². The summed E-state index contributed by atoms with van der Waals surface area (Å²) < 4.78 is 19.0. The summed E-state index contributed by atoms with van der Waals surface area (Å²) in [6.45, 7) is 8.51. The van der Waals surface area contributed by atoms with Crippen molar-refractivity contribution in [3.8, 4) is 11.5 Å². The quantitative estimate of drug-likeness (QED) is 0.553. The van der Waals surface area contributed by atoms with Gasteiger partial charge in [-0.25, -0.2) is 9.37 Å². The van der Waals surface area contributed by atoms with E-state index in [0.29, 0.717) is 17.3 Å². The Kier molecular flexibility index (Phi) is 5.97. The summed E-state index contributed by atoms with van der Waals surface area (Å²) >= 11 is 0. The van der Waals surface area contributed by atoms with Crippen LogP contribution < -0.4 is 15.4 Å². The van der Waals surface area contributed by atoms with Gasteiger partial charge in [-0.05, 0) is 88.2 Å². The van der Waals surface area contributed by atoms with E-state index in [1.807, 2.05) is 35.2 Å². The van der Waals surface area contributed by atoms with Gasteiger partial charge in [0, 0.05) is 29.9 Å². The average molecular weight is 475 g/mol. The van der Waals surface area contributed by atoms with Crippen LogP contribution in [-0.2, 0) is 4.79 Å². The fourth-order valence-electron chi connectivity index (χ4n) is 5.19. The second-order valence-corrected chi connectivity index (χ2v) is 10.3. The summed E-state index contributed by atoms with van der Waals surface area (Å²) in [7, 11) is 0. The van der Waals surface area contributed by atoms with Crippen molar-refractivity contribution in [2.24, 2.45) is 0 Å². The molecule has 0 spiro atoms. The Bertz CT molecular complexity index is 1220. The fraction of sp³-hybridized carbons (Fsp3) is 0.357. The Labute approximate surface area is 205 Å². The van der Waals surface area contributed by atoms with E-state index in [-0.39, 0.29) is 23.3 Å². The second kappa shape index (κ2) is 8.96. The number of carbonyl (C=O) groups is 1. The van der Waals surface area contributed by atoms with Crippen LogP contribution in [0.15, 0.2) is 60.8 Å². The molecule has 3 aromatic rings. The maximum Gasteiger partial charge on any atom is 0.239 e. The van der Waals surface area contributed by atoms with E-state index in [9.17, 15) is 9.18 Å². The molecule has 182 valence electrons. The molecule has 1 saturated heterocycles. The maximum absolute atomic E-state index is 13.9. The van der Waals surface area contributed by atoms with E-state index in [0.717, 1.165) is 42.7 Å². The number of hydrogen-bond donors (Lipinski definition) is 1. The normalized spacial score (nSPS) is 20.7. The predicted octanol–water partition coefficient (Wildman–Crippen LogP) is 5.34. The summed E-state index contributed by atoms with van der Waals surface area (Å²) in [5.74, 6) is 0.747. The van der Waals surface area contributed by atoms with E-state index in [2.05, 4.69) is 30.7 Å². The number of likely N-dealkylation sites (tertiary alicyclic amines) is 1. The van der Waals surface area contributed by atoms with Crippen molar-refractivity contribution in [3.63, 3.8) is 0 Å². The van der Waals surface area contributed by atoms with Crippen molar-refractivity contribution in [2.75, 3.05) is 23.7 Å². The minimum Gasteiger partial charge on any atom is -0.457 e. The van der Waals surface area contributed by atoms with Crippen molar-refractivity contribution in [1.29, 1.82) is 0 Å². The highest BCUT2D eigenvalue weighted by Crippen LogP contribution is 2.46. The zero-order valence-corrected chi connectivity index (χ0v) is 20.4. The van der Waals surface area contributed by atoms with Gasteiger partial charge in [0.1, 0.15) is 23.1 Å². The lowest BCUT2D eigenvalue weighted by Gasteiger charge is -2.44. The van der Waals surface area contributed by atoms with E-state index in [1.165, 1.54) is 12.1 Å². The Balaban J connectivity index is 1.44. The number of carbonyl (C=O) groups excluding carboxylic acids is 1. The van der Waals surface area contributed by atoms with E-state index < -0.39 is 5.92 Å². The summed E-state index contributed by atoms with van der Waals surface area (Å²) in [5, 5.41) is 0. The molecule has 0 bridgehead atoms. The molecule has 3 heterocycles. The third-order valence-corrected chi connectivity index (χ3v) is 7.00. The third-order valence-electron chi connectivity index (χ3n) is 7.00. The number of hydrogen-bond acceptors (Lipinski definition) is 5. The van der Waals surface area contributed by atoms with Crippen LogP contribution >= 0.6 is 0 Å². The Morgan fingerprint density at radius 2 is 1.69 bits per heavy atom. The Morgan fingerprint density at radius 1 is 1.03 bits per heavy atom. The summed E-state index contributed by atoms with van der Waals surface area (Å²) in [4.78, 5) is 22.7. The number of ether oxygens (including phenoxy) is 1. The van der Waals surface area contributed by atoms with Crippen LogP contribution in [0.1, 0.15) is 50.7 Å². The number of fused-ring (bicyclic) bond motifs is 1. The molecule has 2 aliphatic rings. The van der Waals surface area contributed by atoms with Crippen LogP contribution in [0.4, 0.5) is 15.9 Å². The van der Waals surface area contributed by atoms with Crippen molar-refractivity contribution in [1.82, 2.24) is 9.88 Å². The lowest BCUT2D eigenvalue weighted by atomic mass is 9.92. The Hall–Kier alpha value is -3.45. The predicted molar refractivity (Wildman–Crippen MR) is 135 cm³/mol. The number of anilines is 2. The highest BCUT2D eigenvalue weighted by Gasteiger charge is 2.44. The van der Waals surface area contributed by atoms with Crippen LogP contribution in [0.5, 0.6) is 11.5 Å². The number of nitrogens with zero attached hydrogens (tertiary/aromatic N) is 3. The Morgan fingerprint density at radius 3 is 2.34 bits per heavy atom. The average Bonchev–Trinajstić information content (AvgIpc) is 3.14. The number of nitrogen functional groups attached to an aromatic ring is 1. The first kappa shape index (κ1) is 23.3. The van der Waals surface area contributed by atoms with Crippen LogP contribution in [0.2, 0.25) is 0 Å².